The summed E-state index contributed by atoms with van der Waals surface area (Å²) in [7, 11) is 0. The monoisotopic (exact) mass is 356 g/mol. The first-order valence-electron chi connectivity index (χ1n) is 7.26. The van der Waals surface area contributed by atoms with Crippen LogP contribution in [0.3, 0.4) is 0 Å². The van der Waals surface area contributed by atoms with Crippen LogP contribution in [0.4, 0.5) is 5.69 Å². The van der Waals surface area contributed by atoms with Crippen LogP contribution < -0.4 is 16.2 Å². The van der Waals surface area contributed by atoms with Gasteiger partial charge < -0.3 is 10.6 Å². The van der Waals surface area contributed by atoms with Crippen LogP contribution in [-0.2, 0) is 11.3 Å². The Balaban J connectivity index is 1.86. The molecule has 2 rings (SSSR count). The number of hydrogen-bond acceptors (Lipinski definition) is 4. The summed E-state index contributed by atoms with van der Waals surface area (Å²) in [5, 5.41) is 10.1. The fraction of sp³-hybridized carbons (Fsp3) is 0.643. The van der Waals surface area contributed by atoms with Crippen molar-refractivity contribution < 1.29 is 4.79 Å². The number of anilines is 1. The van der Waals surface area contributed by atoms with E-state index in [1.54, 1.807) is 6.20 Å². The van der Waals surface area contributed by atoms with Crippen LogP contribution in [0.15, 0.2) is 15.5 Å². The van der Waals surface area contributed by atoms with Gasteiger partial charge in [-0.15, -0.1) is 0 Å². The Morgan fingerprint density at radius 1 is 1.48 bits per heavy atom. The van der Waals surface area contributed by atoms with Crippen molar-refractivity contribution in [3.8, 4) is 0 Å². The Morgan fingerprint density at radius 3 is 2.81 bits per heavy atom. The summed E-state index contributed by atoms with van der Waals surface area (Å²) < 4.78 is 1.93. The summed E-state index contributed by atoms with van der Waals surface area (Å²) in [6.07, 6.45) is 3.64. The van der Waals surface area contributed by atoms with Crippen molar-refractivity contribution in [1.29, 1.82) is 0 Å². The van der Waals surface area contributed by atoms with Crippen molar-refractivity contribution >= 4 is 27.5 Å². The van der Waals surface area contributed by atoms with Crippen LogP contribution in [0.5, 0.6) is 0 Å². The number of hydrogen-bond donors (Lipinski definition) is 2. The van der Waals surface area contributed by atoms with E-state index in [-0.39, 0.29) is 17.4 Å². The van der Waals surface area contributed by atoms with Gasteiger partial charge in [-0.05, 0) is 34.7 Å². The van der Waals surface area contributed by atoms with Crippen LogP contribution in [0.1, 0.15) is 26.7 Å². The first kappa shape index (κ1) is 16.0. The molecule has 1 aliphatic rings. The number of aromatic nitrogens is 2. The van der Waals surface area contributed by atoms with Crippen molar-refractivity contribution in [3.05, 3.63) is 21.0 Å². The summed E-state index contributed by atoms with van der Waals surface area (Å²) in [6, 6.07) is 0. The Labute approximate surface area is 132 Å². The van der Waals surface area contributed by atoms with Crippen molar-refractivity contribution in [1.82, 2.24) is 15.1 Å². The normalized spacial score (nSPS) is 14.3. The second-order valence-electron chi connectivity index (χ2n) is 5.75. The minimum absolute atomic E-state index is 0.126. The predicted molar refractivity (Wildman–Crippen MR) is 85.3 cm³/mol. The molecule has 116 valence electrons. The van der Waals surface area contributed by atoms with Gasteiger partial charge in [0.1, 0.15) is 4.47 Å². The van der Waals surface area contributed by atoms with Crippen LogP contribution >= 0.6 is 15.9 Å². The molecule has 0 unspecified atom stereocenters. The molecular formula is C14H21BrN4O2. The van der Waals surface area contributed by atoms with Crippen LogP contribution in [-0.4, -0.2) is 28.8 Å². The highest BCUT2D eigenvalue weighted by Crippen LogP contribution is 2.28. The van der Waals surface area contributed by atoms with E-state index in [1.807, 2.05) is 13.8 Å². The standard InChI is InChI=1S/C14H21BrN4O2/c1-9(2)8-19-14(21)12(15)11(7-18-19)16-5-6-17-13(20)10-3-4-10/h7,9-10,16H,3-6,8H2,1-2H3,(H,17,20). The van der Waals surface area contributed by atoms with Gasteiger partial charge in [0.05, 0.1) is 11.9 Å². The smallest absolute Gasteiger partial charge is 0.283 e. The third-order valence-corrected chi connectivity index (χ3v) is 3.98. The molecule has 2 N–H and O–H groups in total. The van der Waals surface area contributed by atoms with Gasteiger partial charge in [-0.3, -0.25) is 9.59 Å². The molecule has 21 heavy (non-hydrogen) atoms. The highest BCUT2D eigenvalue weighted by atomic mass is 79.9. The van der Waals surface area contributed by atoms with Gasteiger partial charge in [-0.25, -0.2) is 4.68 Å². The third-order valence-electron chi connectivity index (χ3n) is 3.21. The van der Waals surface area contributed by atoms with E-state index in [1.165, 1.54) is 4.68 Å². The number of carbonyl (C=O) groups is 1. The third kappa shape index (κ3) is 4.56. The van der Waals surface area contributed by atoms with E-state index < -0.39 is 0 Å². The zero-order valence-corrected chi connectivity index (χ0v) is 13.9. The molecule has 0 aromatic carbocycles. The summed E-state index contributed by atoms with van der Waals surface area (Å²) in [6.45, 7) is 5.77. The fourth-order valence-corrected chi connectivity index (χ4v) is 2.38. The Hall–Kier alpha value is -1.37. The van der Waals surface area contributed by atoms with Crippen molar-refractivity contribution in [2.45, 2.75) is 33.2 Å². The van der Waals surface area contributed by atoms with Gasteiger partial charge in [0, 0.05) is 25.6 Å². The molecule has 0 bridgehead atoms. The summed E-state index contributed by atoms with van der Waals surface area (Å²) in [5.74, 6) is 0.707. The highest BCUT2D eigenvalue weighted by molar-refractivity contribution is 9.10. The molecule has 0 saturated heterocycles. The van der Waals surface area contributed by atoms with E-state index >= 15 is 0 Å². The molecule has 7 heteroatoms. The van der Waals surface area contributed by atoms with E-state index in [0.29, 0.717) is 35.7 Å². The number of nitrogens with zero attached hydrogens (tertiary/aromatic N) is 2. The zero-order valence-electron chi connectivity index (χ0n) is 12.4. The molecule has 6 nitrogen and oxygen atoms in total. The lowest BCUT2D eigenvalue weighted by Gasteiger charge is -2.12. The van der Waals surface area contributed by atoms with Crippen LogP contribution in [0.2, 0.25) is 0 Å². The molecule has 0 atom stereocenters. The van der Waals surface area contributed by atoms with Gasteiger partial charge in [-0.2, -0.15) is 5.10 Å². The van der Waals surface area contributed by atoms with Crippen LogP contribution in [0.25, 0.3) is 0 Å². The highest BCUT2D eigenvalue weighted by Gasteiger charge is 2.28. The maximum atomic E-state index is 12.1. The Bertz CT molecular complexity index is 567. The Kier molecular flexibility index (Phi) is 5.39. The average molecular weight is 357 g/mol. The summed E-state index contributed by atoms with van der Waals surface area (Å²) in [5.41, 5.74) is 0.511. The lowest BCUT2D eigenvalue weighted by Crippen LogP contribution is -2.31. The largest absolute Gasteiger partial charge is 0.381 e. The molecule has 1 heterocycles. The molecule has 1 aromatic heterocycles. The van der Waals surface area contributed by atoms with E-state index in [0.717, 1.165) is 12.8 Å². The first-order chi connectivity index (χ1) is 9.99. The number of halogens is 1. The molecular weight excluding hydrogens is 336 g/mol. The molecule has 1 aromatic rings. The maximum Gasteiger partial charge on any atom is 0.283 e. The van der Waals surface area contributed by atoms with E-state index in [9.17, 15) is 9.59 Å². The molecule has 1 aliphatic carbocycles. The maximum absolute atomic E-state index is 12.1. The number of amides is 1. The zero-order chi connectivity index (χ0) is 15.4. The number of carbonyl (C=O) groups excluding carboxylic acids is 1. The molecule has 0 spiro atoms. The van der Waals surface area contributed by atoms with Crippen molar-refractivity contribution in [2.75, 3.05) is 18.4 Å². The first-order valence-corrected chi connectivity index (χ1v) is 8.05. The lowest BCUT2D eigenvalue weighted by molar-refractivity contribution is -0.122. The molecule has 0 aliphatic heterocycles. The van der Waals surface area contributed by atoms with E-state index in [4.69, 9.17) is 0 Å². The topological polar surface area (TPSA) is 76.0 Å². The van der Waals surface area contributed by atoms with Gasteiger partial charge >= 0.3 is 0 Å². The molecule has 0 radical (unpaired) electrons. The minimum Gasteiger partial charge on any atom is -0.381 e. The van der Waals surface area contributed by atoms with Gasteiger partial charge in [0.2, 0.25) is 5.91 Å². The molecule has 1 amide bonds. The summed E-state index contributed by atoms with van der Waals surface area (Å²) >= 11 is 3.31. The average Bonchev–Trinajstić information content (AvgIpc) is 3.26. The lowest BCUT2D eigenvalue weighted by atomic mass is 10.2. The summed E-state index contributed by atoms with van der Waals surface area (Å²) in [4.78, 5) is 23.6. The molecule has 1 fully saturated rings. The van der Waals surface area contributed by atoms with Gasteiger partial charge in [0.25, 0.3) is 5.56 Å². The second-order valence-corrected chi connectivity index (χ2v) is 6.54. The predicted octanol–water partition coefficient (Wildman–Crippen LogP) is 1.60. The number of nitrogens with one attached hydrogen (secondary N) is 2. The van der Waals surface area contributed by atoms with Crippen LogP contribution in [0, 0.1) is 11.8 Å². The van der Waals surface area contributed by atoms with Gasteiger partial charge in [-0.1, -0.05) is 13.8 Å². The SMILES string of the molecule is CC(C)Cn1ncc(NCCNC(=O)C2CC2)c(Br)c1=O. The van der Waals surface area contributed by atoms with Gasteiger partial charge in [0.15, 0.2) is 0 Å². The van der Waals surface area contributed by atoms with E-state index in [2.05, 4.69) is 31.7 Å². The second kappa shape index (κ2) is 7.06. The fourth-order valence-electron chi connectivity index (χ4n) is 1.94. The van der Waals surface area contributed by atoms with Crippen molar-refractivity contribution in [2.24, 2.45) is 11.8 Å². The quantitative estimate of drug-likeness (QED) is 0.727. The molecule has 1 saturated carbocycles. The Morgan fingerprint density at radius 2 is 2.19 bits per heavy atom. The minimum atomic E-state index is -0.143. The van der Waals surface area contributed by atoms with Crippen molar-refractivity contribution in [3.63, 3.8) is 0 Å². The number of rotatable bonds is 7.